The van der Waals surface area contributed by atoms with Gasteiger partial charge in [-0.05, 0) is 25.5 Å². The highest BCUT2D eigenvalue weighted by Crippen LogP contribution is 2.27. The predicted octanol–water partition coefficient (Wildman–Crippen LogP) is 3.00. The van der Waals surface area contributed by atoms with Crippen LogP contribution < -0.4 is 5.32 Å². The minimum Gasteiger partial charge on any atom is -0.386 e. The summed E-state index contributed by atoms with van der Waals surface area (Å²) in [6.45, 7) is 7.05. The number of hydrogen-bond donors (Lipinski definition) is 2. The Hall–Kier alpha value is -0.130. The molecule has 1 saturated heterocycles. The van der Waals surface area contributed by atoms with Crippen molar-refractivity contribution in [1.29, 1.82) is 0 Å². The first-order chi connectivity index (χ1) is 12.1. The van der Waals surface area contributed by atoms with E-state index in [-0.39, 0.29) is 24.0 Å². The van der Waals surface area contributed by atoms with Gasteiger partial charge in [-0.25, -0.2) is 0 Å². The maximum absolute atomic E-state index is 10.3. The number of aliphatic imine (C=N–C) groups is 1. The zero-order valence-corrected chi connectivity index (χ0v) is 19.2. The lowest BCUT2D eigenvalue weighted by atomic mass is 10.1. The predicted molar refractivity (Wildman–Crippen MR) is 118 cm³/mol. The Morgan fingerprint density at radius 3 is 2.96 bits per heavy atom. The van der Waals surface area contributed by atoms with E-state index in [4.69, 9.17) is 21.1 Å². The minimum absolute atomic E-state index is 0. The van der Waals surface area contributed by atoms with Crippen molar-refractivity contribution in [3.05, 3.63) is 21.3 Å². The third-order valence-corrected chi connectivity index (χ3v) is 5.37. The molecule has 0 spiro atoms. The molecule has 9 heteroatoms. The third-order valence-electron chi connectivity index (χ3n) is 4.04. The lowest BCUT2D eigenvalue weighted by Gasteiger charge is -2.22. The van der Waals surface area contributed by atoms with Crippen molar-refractivity contribution >= 4 is 52.9 Å². The number of nitrogens with one attached hydrogen (secondary N) is 1. The molecule has 2 atom stereocenters. The smallest absolute Gasteiger partial charge is 0.194 e. The molecule has 150 valence electrons. The first-order valence-electron chi connectivity index (χ1n) is 8.67. The summed E-state index contributed by atoms with van der Waals surface area (Å²) in [7, 11) is 1.68. The van der Waals surface area contributed by atoms with Gasteiger partial charge in [-0.15, -0.1) is 35.3 Å². The summed E-state index contributed by atoms with van der Waals surface area (Å²) in [5, 5.41) is 13.6. The summed E-state index contributed by atoms with van der Waals surface area (Å²) < 4.78 is 11.3. The van der Waals surface area contributed by atoms with E-state index >= 15 is 0 Å². The van der Waals surface area contributed by atoms with Gasteiger partial charge in [0.05, 0.1) is 30.7 Å². The highest BCUT2D eigenvalue weighted by Gasteiger charge is 2.25. The Bertz CT molecular complexity index is 547. The molecule has 2 unspecified atom stereocenters. The van der Waals surface area contributed by atoms with Crippen molar-refractivity contribution in [2.24, 2.45) is 10.9 Å². The van der Waals surface area contributed by atoms with Crippen LogP contribution in [0.3, 0.4) is 0 Å². The van der Waals surface area contributed by atoms with E-state index in [1.165, 1.54) is 11.3 Å². The van der Waals surface area contributed by atoms with E-state index in [0.29, 0.717) is 30.0 Å². The normalized spacial score (nSPS) is 18.7. The molecule has 1 fully saturated rings. The first kappa shape index (κ1) is 23.9. The van der Waals surface area contributed by atoms with Crippen molar-refractivity contribution in [2.45, 2.75) is 19.4 Å². The molecular weight excluding hydrogens is 489 g/mol. The minimum atomic E-state index is -0.623. The molecule has 1 aromatic heterocycles. The number of guanidine groups is 1. The number of aliphatic hydroxyl groups excluding tert-OH is 1. The molecule has 0 bridgehead atoms. The van der Waals surface area contributed by atoms with Crippen LogP contribution in [0.15, 0.2) is 17.1 Å². The molecular formula is C17H29ClIN3O3S. The van der Waals surface area contributed by atoms with E-state index in [1.54, 1.807) is 13.2 Å². The van der Waals surface area contributed by atoms with E-state index in [1.807, 2.05) is 13.0 Å². The molecule has 2 rings (SSSR count). The number of halogens is 2. The number of hydrogen-bond acceptors (Lipinski definition) is 5. The fourth-order valence-corrected chi connectivity index (χ4v) is 3.79. The molecule has 1 aliphatic heterocycles. The summed E-state index contributed by atoms with van der Waals surface area (Å²) in [5.41, 5.74) is 0. The number of rotatable bonds is 9. The first-order valence-corrected chi connectivity index (χ1v) is 9.86. The molecule has 1 aliphatic rings. The van der Waals surface area contributed by atoms with E-state index in [2.05, 4.69) is 15.2 Å². The molecule has 2 N–H and O–H groups in total. The SMILES string of the molecule is CCNC(=NCC(O)c1ccc(Cl)s1)N1CCC(COCCOC)C1.I. The van der Waals surface area contributed by atoms with Crippen LogP contribution in [0.4, 0.5) is 0 Å². The Labute approximate surface area is 181 Å². The van der Waals surface area contributed by atoms with E-state index in [9.17, 15) is 5.11 Å². The molecule has 0 aliphatic carbocycles. The average molecular weight is 518 g/mol. The molecule has 0 radical (unpaired) electrons. The molecule has 0 amide bonds. The van der Waals surface area contributed by atoms with Crippen LogP contribution in [0.2, 0.25) is 4.34 Å². The van der Waals surface area contributed by atoms with Crippen LogP contribution in [0.25, 0.3) is 0 Å². The molecule has 6 nitrogen and oxygen atoms in total. The molecule has 2 heterocycles. The van der Waals surface area contributed by atoms with Gasteiger partial charge in [0.15, 0.2) is 5.96 Å². The quantitative estimate of drug-likeness (QED) is 0.228. The topological polar surface area (TPSA) is 66.3 Å². The van der Waals surface area contributed by atoms with Crippen LogP contribution in [0.5, 0.6) is 0 Å². The lowest BCUT2D eigenvalue weighted by Crippen LogP contribution is -2.40. The molecule has 26 heavy (non-hydrogen) atoms. The molecule has 0 saturated carbocycles. The number of methoxy groups -OCH3 is 1. The van der Waals surface area contributed by atoms with Crippen molar-refractivity contribution in [1.82, 2.24) is 10.2 Å². The Balaban J connectivity index is 0.00000338. The number of aliphatic hydroxyl groups is 1. The zero-order valence-electron chi connectivity index (χ0n) is 15.3. The summed E-state index contributed by atoms with van der Waals surface area (Å²) in [4.78, 5) is 7.69. The highest BCUT2D eigenvalue weighted by atomic mass is 127. The number of thiophene rings is 1. The Morgan fingerprint density at radius 1 is 1.50 bits per heavy atom. The van der Waals surface area contributed by atoms with Gasteiger partial charge in [0.25, 0.3) is 0 Å². The number of likely N-dealkylation sites (tertiary alicyclic amines) is 1. The van der Waals surface area contributed by atoms with Gasteiger partial charge >= 0.3 is 0 Å². The van der Waals surface area contributed by atoms with E-state index in [0.717, 1.165) is 43.5 Å². The average Bonchev–Trinajstić information content (AvgIpc) is 3.24. The fourth-order valence-electron chi connectivity index (χ4n) is 2.75. The maximum atomic E-state index is 10.3. The zero-order chi connectivity index (χ0) is 18.1. The largest absolute Gasteiger partial charge is 0.386 e. The summed E-state index contributed by atoms with van der Waals surface area (Å²) in [6.07, 6.45) is 0.461. The van der Waals surface area contributed by atoms with Gasteiger partial charge in [0.1, 0.15) is 6.10 Å². The van der Waals surface area contributed by atoms with Gasteiger partial charge in [0.2, 0.25) is 0 Å². The summed E-state index contributed by atoms with van der Waals surface area (Å²) in [6, 6.07) is 3.65. The number of nitrogens with zero attached hydrogens (tertiary/aromatic N) is 2. The summed E-state index contributed by atoms with van der Waals surface area (Å²) in [5.74, 6) is 1.35. The lowest BCUT2D eigenvalue weighted by molar-refractivity contribution is 0.0536. The van der Waals surface area contributed by atoms with Gasteiger partial charge < -0.3 is 24.8 Å². The van der Waals surface area contributed by atoms with Crippen molar-refractivity contribution in [3.63, 3.8) is 0 Å². The fraction of sp³-hybridized carbons (Fsp3) is 0.706. The monoisotopic (exact) mass is 517 g/mol. The van der Waals surface area contributed by atoms with Crippen LogP contribution in [0.1, 0.15) is 24.3 Å². The Morgan fingerprint density at radius 2 is 2.31 bits per heavy atom. The Kier molecular flexibility index (Phi) is 12.1. The van der Waals surface area contributed by atoms with Gasteiger partial charge in [-0.2, -0.15) is 0 Å². The second-order valence-electron chi connectivity index (χ2n) is 6.02. The van der Waals surface area contributed by atoms with E-state index < -0.39 is 6.10 Å². The van der Waals surface area contributed by atoms with Crippen LogP contribution >= 0.6 is 46.9 Å². The van der Waals surface area contributed by atoms with Gasteiger partial charge in [0, 0.05) is 37.5 Å². The standard InChI is InChI=1S/C17H28ClN3O3S.HI/c1-3-19-17(20-10-14(22)15-4-5-16(18)25-15)21-7-6-13(11-21)12-24-9-8-23-2;/h4-5,13-14,22H,3,6-12H2,1-2H3,(H,19,20);1H. The van der Waals surface area contributed by atoms with Crippen molar-refractivity contribution in [3.8, 4) is 0 Å². The van der Waals surface area contributed by atoms with Gasteiger partial charge in [-0.1, -0.05) is 11.6 Å². The maximum Gasteiger partial charge on any atom is 0.194 e. The molecule has 0 aromatic carbocycles. The third kappa shape index (κ3) is 7.85. The van der Waals surface area contributed by atoms with Crippen molar-refractivity contribution in [2.75, 3.05) is 53.1 Å². The van der Waals surface area contributed by atoms with Crippen LogP contribution in [-0.2, 0) is 9.47 Å². The van der Waals surface area contributed by atoms with Crippen LogP contribution in [-0.4, -0.2) is 69.1 Å². The molecule has 1 aromatic rings. The second kappa shape index (κ2) is 13.1. The summed E-state index contributed by atoms with van der Waals surface area (Å²) >= 11 is 7.32. The second-order valence-corrected chi connectivity index (χ2v) is 7.77. The highest BCUT2D eigenvalue weighted by molar-refractivity contribution is 14.0. The van der Waals surface area contributed by atoms with Crippen LogP contribution in [0, 0.1) is 5.92 Å². The van der Waals surface area contributed by atoms with Crippen molar-refractivity contribution < 1.29 is 14.6 Å². The number of ether oxygens (including phenoxy) is 2. The van der Waals surface area contributed by atoms with Gasteiger partial charge in [-0.3, -0.25) is 4.99 Å².